The van der Waals surface area contributed by atoms with Crippen LogP contribution in [-0.4, -0.2) is 53.5 Å². The Morgan fingerprint density at radius 3 is 2.27 bits per heavy atom. The van der Waals surface area contributed by atoms with Gasteiger partial charge in [0.05, 0.1) is 6.61 Å². The fraction of sp³-hybridized carbons (Fsp3) is 0.333. The summed E-state index contributed by atoms with van der Waals surface area (Å²) in [5.41, 5.74) is 2.62. The smallest absolute Gasteiger partial charge is 0.355 e. The summed E-state index contributed by atoms with van der Waals surface area (Å²) in [6.45, 7) is 6.95. The Hall–Kier alpha value is -2.96. The quantitative estimate of drug-likeness (QED) is 0.639. The van der Waals surface area contributed by atoms with Gasteiger partial charge in [-0.05, 0) is 24.6 Å². The van der Waals surface area contributed by atoms with Gasteiger partial charge >= 0.3 is 5.97 Å². The number of ether oxygens (including phenoxy) is 1. The topological polar surface area (TPSA) is 65.6 Å². The summed E-state index contributed by atoms with van der Waals surface area (Å²) in [7, 11) is 0. The molecule has 1 N–H and O–H groups in total. The maximum Gasteiger partial charge on any atom is 0.355 e. The summed E-state index contributed by atoms with van der Waals surface area (Å²) in [6, 6.07) is 17.7. The van der Waals surface area contributed by atoms with Crippen LogP contribution in [0.5, 0.6) is 0 Å². The first-order valence-electron chi connectivity index (χ1n) is 10.5. The zero-order valence-corrected chi connectivity index (χ0v) is 17.3. The molecule has 1 saturated heterocycles. The first-order chi connectivity index (χ1) is 14.7. The Kier molecular flexibility index (Phi) is 6.26. The number of rotatable bonds is 6. The number of nitrogens with zero attached hydrogens (tertiary/aromatic N) is 2. The Bertz CT molecular complexity index is 1070. The van der Waals surface area contributed by atoms with Crippen molar-refractivity contribution in [1.82, 2.24) is 14.8 Å². The number of aromatic amines is 1. The number of carbonyl (C=O) groups excluding carboxylic acids is 1. The molecule has 2 aromatic carbocycles. The van der Waals surface area contributed by atoms with E-state index in [1.54, 1.807) is 13.0 Å². The van der Waals surface area contributed by atoms with Gasteiger partial charge < -0.3 is 9.72 Å². The standard InChI is InChI=1S/C24H27N3O3/c1-2-30-24(29)22-20(23(28)19-10-6-7-11-21(19)25-22)17-27-14-12-26(13-15-27)16-18-8-4-3-5-9-18/h3-11H,2,12-17H2,1H3,(H,25,28). The highest BCUT2D eigenvalue weighted by Gasteiger charge is 2.23. The van der Waals surface area contributed by atoms with Crippen molar-refractivity contribution in [2.24, 2.45) is 0 Å². The third-order valence-corrected chi connectivity index (χ3v) is 5.58. The molecule has 2 heterocycles. The van der Waals surface area contributed by atoms with E-state index in [4.69, 9.17) is 4.74 Å². The predicted molar refractivity (Wildman–Crippen MR) is 118 cm³/mol. The SMILES string of the molecule is CCOC(=O)c1[nH]c2ccccc2c(=O)c1CN1CCN(Cc2ccccc2)CC1. The van der Waals surface area contributed by atoms with Crippen molar-refractivity contribution >= 4 is 16.9 Å². The van der Waals surface area contributed by atoms with Crippen LogP contribution in [0.2, 0.25) is 0 Å². The first-order valence-corrected chi connectivity index (χ1v) is 10.5. The van der Waals surface area contributed by atoms with Crippen LogP contribution in [0.4, 0.5) is 0 Å². The van der Waals surface area contributed by atoms with Gasteiger partial charge in [0.2, 0.25) is 0 Å². The summed E-state index contributed by atoms with van der Waals surface area (Å²) in [6.07, 6.45) is 0. The van der Waals surface area contributed by atoms with E-state index in [-0.39, 0.29) is 17.7 Å². The van der Waals surface area contributed by atoms with Crippen molar-refractivity contribution in [1.29, 1.82) is 0 Å². The van der Waals surface area contributed by atoms with Crippen LogP contribution in [0, 0.1) is 0 Å². The summed E-state index contributed by atoms with van der Waals surface area (Å²) in [5.74, 6) is -0.474. The molecular weight excluding hydrogens is 378 g/mol. The van der Waals surface area contributed by atoms with Gasteiger partial charge in [-0.2, -0.15) is 0 Å². The highest BCUT2D eigenvalue weighted by Crippen LogP contribution is 2.16. The number of benzene rings is 2. The van der Waals surface area contributed by atoms with Gasteiger partial charge in [0.1, 0.15) is 5.69 Å². The van der Waals surface area contributed by atoms with Crippen molar-refractivity contribution in [3.8, 4) is 0 Å². The molecule has 1 aliphatic rings. The highest BCUT2D eigenvalue weighted by molar-refractivity contribution is 5.92. The summed E-state index contributed by atoms with van der Waals surface area (Å²) >= 11 is 0. The number of aromatic nitrogens is 1. The maximum absolute atomic E-state index is 13.2. The molecule has 1 aromatic heterocycles. The summed E-state index contributed by atoms with van der Waals surface area (Å²) < 4.78 is 5.21. The lowest BCUT2D eigenvalue weighted by Gasteiger charge is -2.34. The number of carbonyl (C=O) groups is 1. The fourth-order valence-corrected chi connectivity index (χ4v) is 3.98. The molecule has 4 rings (SSSR count). The van der Waals surface area contributed by atoms with Crippen LogP contribution in [0.15, 0.2) is 59.4 Å². The zero-order chi connectivity index (χ0) is 20.9. The van der Waals surface area contributed by atoms with Gasteiger partial charge in [-0.3, -0.25) is 14.6 Å². The monoisotopic (exact) mass is 405 g/mol. The van der Waals surface area contributed by atoms with Crippen molar-refractivity contribution in [3.05, 3.63) is 81.6 Å². The van der Waals surface area contributed by atoms with Crippen LogP contribution < -0.4 is 5.43 Å². The number of piperazine rings is 1. The molecule has 1 fully saturated rings. The molecule has 0 spiro atoms. The van der Waals surface area contributed by atoms with Crippen molar-refractivity contribution in [2.45, 2.75) is 20.0 Å². The number of hydrogen-bond acceptors (Lipinski definition) is 5. The van der Waals surface area contributed by atoms with Crippen LogP contribution in [-0.2, 0) is 17.8 Å². The van der Waals surface area contributed by atoms with E-state index < -0.39 is 5.97 Å². The van der Waals surface area contributed by atoms with E-state index in [0.29, 0.717) is 23.0 Å². The minimum absolute atomic E-state index is 0.0980. The van der Waals surface area contributed by atoms with Gasteiger partial charge in [0.25, 0.3) is 0 Å². The van der Waals surface area contributed by atoms with Gasteiger partial charge in [0.15, 0.2) is 5.43 Å². The van der Waals surface area contributed by atoms with Crippen LogP contribution in [0.25, 0.3) is 10.9 Å². The van der Waals surface area contributed by atoms with Crippen LogP contribution in [0.3, 0.4) is 0 Å². The van der Waals surface area contributed by atoms with Gasteiger partial charge in [-0.1, -0.05) is 42.5 Å². The molecule has 0 saturated carbocycles. The molecule has 0 aliphatic carbocycles. The third kappa shape index (κ3) is 4.45. The minimum atomic E-state index is -0.474. The van der Waals surface area contributed by atoms with E-state index in [1.807, 2.05) is 24.3 Å². The molecule has 0 atom stereocenters. The molecule has 30 heavy (non-hydrogen) atoms. The number of fused-ring (bicyclic) bond motifs is 1. The van der Waals surface area contributed by atoms with E-state index in [0.717, 1.165) is 32.7 Å². The number of pyridine rings is 1. The summed E-state index contributed by atoms with van der Waals surface area (Å²) in [4.78, 5) is 33.5. The van der Waals surface area contributed by atoms with Crippen molar-refractivity contribution in [3.63, 3.8) is 0 Å². The van der Waals surface area contributed by atoms with E-state index in [1.165, 1.54) is 5.56 Å². The van der Waals surface area contributed by atoms with Crippen molar-refractivity contribution in [2.75, 3.05) is 32.8 Å². The maximum atomic E-state index is 13.2. The van der Waals surface area contributed by atoms with E-state index in [2.05, 4.69) is 39.0 Å². The fourth-order valence-electron chi connectivity index (χ4n) is 3.98. The molecule has 6 nitrogen and oxygen atoms in total. The highest BCUT2D eigenvalue weighted by atomic mass is 16.5. The molecule has 0 unspecified atom stereocenters. The van der Waals surface area contributed by atoms with Gasteiger partial charge in [0, 0.05) is 55.7 Å². The third-order valence-electron chi connectivity index (χ3n) is 5.58. The van der Waals surface area contributed by atoms with E-state index >= 15 is 0 Å². The molecule has 1 aliphatic heterocycles. The number of esters is 1. The molecule has 0 radical (unpaired) electrons. The number of nitrogens with one attached hydrogen (secondary N) is 1. The largest absolute Gasteiger partial charge is 0.461 e. The Morgan fingerprint density at radius 2 is 1.57 bits per heavy atom. The molecule has 156 valence electrons. The van der Waals surface area contributed by atoms with Crippen molar-refractivity contribution < 1.29 is 9.53 Å². The van der Waals surface area contributed by atoms with E-state index in [9.17, 15) is 9.59 Å². The number of hydrogen-bond donors (Lipinski definition) is 1. The second-order valence-corrected chi connectivity index (χ2v) is 7.61. The van der Waals surface area contributed by atoms with Gasteiger partial charge in [-0.15, -0.1) is 0 Å². The molecule has 0 amide bonds. The normalized spacial score (nSPS) is 15.4. The zero-order valence-electron chi connectivity index (χ0n) is 17.3. The molecule has 0 bridgehead atoms. The number of H-pyrrole nitrogens is 1. The number of para-hydroxylation sites is 1. The minimum Gasteiger partial charge on any atom is -0.461 e. The Morgan fingerprint density at radius 1 is 0.933 bits per heavy atom. The Labute approximate surface area is 176 Å². The second kappa shape index (κ2) is 9.24. The molecule has 3 aromatic rings. The molecular formula is C24H27N3O3. The Balaban J connectivity index is 1.52. The van der Waals surface area contributed by atoms with Crippen LogP contribution >= 0.6 is 0 Å². The van der Waals surface area contributed by atoms with Gasteiger partial charge in [-0.25, -0.2) is 4.79 Å². The lowest BCUT2D eigenvalue weighted by Crippen LogP contribution is -2.46. The second-order valence-electron chi connectivity index (χ2n) is 7.61. The summed E-state index contributed by atoms with van der Waals surface area (Å²) in [5, 5.41) is 0.600. The first kappa shape index (κ1) is 20.3. The average molecular weight is 405 g/mol. The predicted octanol–water partition coefficient (Wildman–Crippen LogP) is 3.02. The van der Waals surface area contributed by atoms with Crippen LogP contribution in [0.1, 0.15) is 28.5 Å². The lowest BCUT2D eigenvalue weighted by molar-refractivity contribution is 0.0515. The lowest BCUT2D eigenvalue weighted by atomic mass is 10.1. The average Bonchev–Trinajstić information content (AvgIpc) is 2.78. The molecule has 6 heteroatoms.